The zero-order chi connectivity index (χ0) is 19.1. The van der Waals surface area contributed by atoms with Crippen LogP contribution in [0, 0.1) is 5.41 Å². The van der Waals surface area contributed by atoms with E-state index >= 15 is 0 Å². The third-order valence-electron chi connectivity index (χ3n) is 5.54. The van der Waals surface area contributed by atoms with Gasteiger partial charge in [-0.15, -0.1) is 0 Å². The molecule has 4 nitrogen and oxygen atoms in total. The van der Waals surface area contributed by atoms with E-state index in [-0.39, 0.29) is 11.1 Å². The van der Waals surface area contributed by atoms with Crippen LogP contribution in [0.25, 0.3) is 0 Å². The number of aliphatic imine (C=N–C) groups is 2. The summed E-state index contributed by atoms with van der Waals surface area (Å²) >= 11 is 0. The summed E-state index contributed by atoms with van der Waals surface area (Å²) in [4.78, 5) is 9.92. The van der Waals surface area contributed by atoms with Gasteiger partial charge in [-0.05, 0) is 38.8 Å². The summed E-state index contributed by atoms with van der Waals surface area (Å²) in [6, 6.07) is 20.6. The molecule has 2 heterocycles. The van der Waals surface area contributed by atoms with Crippen molar-refractivity contribution >= 4 is 11.8 Å². The Morgan fingerprint density at radius 1 is 0.704 bits per heavy atom. The average molecular weight is 362 g/mol. The minimum atomic E-state index is -0.515. The van der Waals surface area contributed by atoms with Crippen molar-refractivity contribution in [3.05, 3.63) is 71.8 Å². The van der Waals surface area contributed by atoms with Gasteiger partial charge < -0.3 is 9.47 Å². The highest BCUT2D eigenvalue weighted by atomic mass is 16.5. The van der Waals surface area contributed by atoms with Gasteiger partial charge in [0.25, 0.3) is 0 Å². The number of hydrogen-bond donors (Lipinski definition) is 0. The second-order valence-electron chi connectivity index (χ2n) is 8.32. The zero-order valence-corrected chi connectivity index (χ0v) is 16.4. The highest BCUT2D eigenvalue weighted by Crippen LogP contribution is 2.39. The Balaban J connectivity index is 1.64. The fourth-order valence-corrected chi connectivity index (χ4v) is 3.62. The minimum Gasteiger partial charge on any atom is -0.477 e. The van der Waals surface area contributed by atoms with E-state index in [9.17, 15) is 0 Å². The van der Waals surface area contributed by atoms with Crippen LogP contribution in [0.15, 0.2) is 70.6 Å². The number of hydrogen-bond acceptors (Lipinski definition) is 4. The van der Waals surface area contributed by atoms with Crippen LogP contribution < -0.4 is 0 Å². The fourth-order valence-electron chi connectivity index (χ4n) is 3.62. The van der Waals surface area contributed by atoms with Crippen LogP contribution in [0.2, 0.25) is 0 Å². The topological polar surface area (TPSA) is 43.2 Å². The largest absolute Gasteiger partial charge is 0.477 e. The lowest BCUT2D eigenvalue weighted by atomic mass is 9.91. The SMILES string of the molecule is CC(C)(C1=N[C@@](C)(c2ccccc2)CO1)C1=N[C@@](C)(c2ccccc2)CO1. The molecule has 4 heteroatoms. The molecule has 0 unspecified atom stereocenters. The van der Waals surface area contributed by atoms with Gasteiger partial charge in [0.15, 0.2) is 11.8 Å². The van der Waals surface area contributed by atoms with Crippen molar-refractivity contribution in [1.82, 2.24) is 0 Å². The van der Waals surface area contributed by atoms with Crippen molar-refractivity contribution in [1.29, 1.82) is 0 Å². The van der Waals surface area contributed by atoms with Gasteiger partial charge in [-0.1, -0.05) is 60.7 Å². The first-order valence-electron chi connectivity index (χ1n) is 9.41. The molecule has 0 spiro atoms. The minimum absolute atomic E-state index is 0.379. The van der Waals surface area contributed by atoms with E-state index in [1.807, 2.05) is 36.4 Å². The van der Waals surface area contributed by atoms with Gasteiger partial charge in [-0.2, -0.15) is 0 Å². The maximum Gasteiger partial charge on any atom is 0.199 e. The maximum absolute atomic E-state index is 6.06. The number of nitrogens with zero attached hydrogens (tertiary/aromatic N) is 2. The summed E-state index contributed by atoms with van der Waals surface area (Å²) in [5.41, 5.74) is 1.03. The Kier molecular flexibility index (Phi) is 4.10. The van der Waals surface area contributed by atoms with E-state index in [1.165, 1.54) is 0 Å². The molecule has 2 aliphatic heterocycles. The number of ether oxygens (including phenoxy) is 2. The molecular formula is C23H26N2O2. The normalized spacial score (nSPS) is 27.6. The van der Waals surface area contributed by atoms with Crippen LogP contribution in [-0.2, 0) is 20.6 Å². The van der Waals surface area contributed by atoms with Crippen molar-refractivity contribution in [2.24, 2.45) is 15.4 Å². The zero-order valence-electron chi connectivity index (χ0n) is 16.4. The van der Waals surface area contributed by atoms with Gasteiger partial charge in [0.1, 0.15) is 29.7 Å². The van der Waals surface area contributed by atoms with Gasteiger partial charge in [0.2, 0.25) is 0 Å². The molecule has 4 rings (SSSR count). The molecule has 140 valence electrons. The van der Waals surface area contributed by atoms with Crippen molar-refractivity contribution in [3.63, 3.8) is 0 Å². The van der Waals surface area contributed by atoms with E-state index in [0.717, 1.165) is 11.1 Å². The number of benzene rings is 2. The molecule has 27 heavy (non-hydrogen) atoms. The van der Waals surface area contributed by atoms with Crippen LogP contribution in [0.1, 0.15) is 38.8 Å². The third kappa shape index (κ3) is 3.03. The van der Waals surface area contributed by atoms with E-state index < -0.39 is 5.41 Å². The molecule has 0 bridgehead atoms. The Bertz CT molecular complexity index is 816. The highest BCUT2D eigenvalue weighted by molar-refractivity contribution is 6.05. The Morgan fingerprint density at radius 3 is 1.44 bits per heavy atom. The van der Waals surface area contributed by atoms with Gasteiger partial charge in [-0.3, -0.25) is 0 Å². The average Bonchev–Trinajstić information content (AvgIpc) is 3.29. The number of rotatable bonds is 4. The Morgan fingerprint density at radius 2 is 1.07 bits per heavy atom. The van der Waals surface area contributed by atoms with Crippen LogP contribution in [0.3, 0.4) is 0 Å². The highest BCUT2D eigenvalue weighted by Gasteiger charge is 2.47. The van der Waals surface area contributed by atoms with Crippen molar-refractivity contribution in [2.45, 2.75) is 38.8 Å². The lowest BCUT2D eigenvalue weighted by Crippen LogP contribution is -2.34. The third-order valence-corrected chi connectivity index (χ3v) is 5.54. The van der Waals surface area contributed by atoms with Gasteiger partial charge >= 0.3 is 0 Å². The van der Waals surface area contributed by atoms with E-state index in [4.69, 9.17) is 19.5 Å². The molecule has 0 saturated carbocycles. The van der Waals surface area contributed by atoms with Crippen LogP contribution >= 0.6 is 0 Å². The summed E-state index contributed by atoms with van der Waals surface area (Å²) in [6.45, 7) is 9.40. The summed E-state index contributed by atoms with van der Waals surface area (Å²) in [5.74, 6) is 1.37. The first kappa shape index (κ1) is 17.8. The molecule has 2 aliphatic rings. The van der Waals surface area contributed by atoms with Gasteiger partial charge in [0.05, 0.1) is 0 Å². The van der Waals surface area contributed by atoms with E-state index in [0.29, 0.717) is 25.0 Å². The predicted molar refractivity (Wildman–Crippen MR) is 108 cm³/mol. The van der Waals surface area contributed by atoms with Crippen LogP contribution in [0.5, 0.6) is 0 Å². The summed E-state index contributed by atoms with van der Waals surface area (Å²) < 4.78 is 12.1. The first-order chi connectivity index (χ1) is 12.8. The van der Waals surface area contributed by atoms with Gasteiger partial charge in [0, 0.05) is 0 Å². The Hall–Kier alpha value is -2.62. The maximum atomic E-state index is 6.06. The molecule has 0 N–H and O–H groups in total. The second kappa shape index (κ2) is 6.22. The standard InChI is InChI=1S/C23H26N2O2/c1-21(2,19-24-22(3,15-26-19)17-11-7-5-8-12-17)20-25-23(4,16-27-20)18-13-9-6-10-14-18/h5-14H,15-16H2,1-4H3/t22-,23-/m1/s1. The van der Waals surface area contributed by atoms with Crippen LogP contribution in [0.4, 0.5) is 0 Å². The van der Waals surface area contributed by atoms with Gasteiger partial charge in [-0.25, -0.2) is 9.98 Å². The summed E-state index contributed by atoms with van der Waals surface area (Å²) in [5, 5.41) is 0. The molecule has 0 radical (unpaired) electrons. The molecule has 0 saturated heterocycles. The molecule has 0 fully saturated rings. The lowest BCUT2D eigenvalue weighted by molar-refractivity contribution is 0.232. The first-order valence-corrected chi connectivity index (χ1v) is 9.41. The quantitative estimate of drug-likeness (QED) is 0.791. The fraction of sp³-hybridized carbons (Fsp3) is 0.391. The molecule has 2 atom stereocenters. The van der Waals surface area contributed by atoms with Crippen LogP contribution in [-0.4, -0.2) is 25.0 Å². The van der Waals surface area contributed by atoms with Crippen molar-refractivity contribution < 1.29 is 9.47 Å². The lowest BCUT2D eigenvalue weighted by Gasteiger charge is -2.22. The molecular weight excluding hydrogens is 336 g/mol. The van der Waals surface area contributed by atoms with E-state index in [2.05, 4.69) is 52.0 Å². The van der Waals surface area contributed by atoms with Crippen molar-refractivity contribution in [2.75, 3.05) is 13.2 Å². The molecule has 0 amide bonds. The predicted octanol–water partition coefficient (Wildman–Crippen LogP) is 4.70. The molecule has 0 aliphatic carbocycles. The summed E-state index contributed by atoms with van der Waals surface area (Å²) in [7, 11) is 0. The second-order valence-corrected chi connectivity index (χ2v) is 8.32. The Labute approximate surface area is 161 Å². The monoisotopic (exact) mass is 362 g/mol. The van der Waals surface area contributed by atoms with E-state index in [1.54, 1.807) is 0 Å². The molecule has 0 aromatic heterocycles. The summed E-state index contributed by atoms with van der Waals surface area (Å²) in [6.07, 6.45) is 0. The van der Waals surface area contributed by atoms with Crippen molar-refractivity contribution in [3.8, 4) is 0 Å². The molecule has 2 aromatic rings. The smallest absolute Gasteiger partial charge is 0.199 e. The molecule has 2 aromatic carbocycles.